The third kappa shape index (κ3) is 2.41. The van der Waals surface area contributed by atoms with E-state index in [9.17, 15) is 5.26 Å². The van der Waals surface area contributed by atoms with Crippen molar-refractivity contribution in [3.8, 4) is 17.6 Å². The van der Waals surface area contributed by atoms with E-state index in [1.54, 1.807) is 18.2 Å². The Morgan fingerprint density at radius 2 is 1.83 bits per heavy atom. The van der Waals surface area contributed by atoms with Crippen molar-refractivity contribution >= 4 is 17.4 Å². The summed E-state index contributed by atoms with van der Waals surface area (Å²) < 4.78 is 5.71. The first kappa shape index (κ1) is 12.3. The summed E-state index contributed by atoms with van der Waals surface area (Å²) in [6, 6.07) is 14.9. The average molecular weight is 256 g/mol. The fourth-order valence-corrected chi connectivity index (χ4v) is 2.13. The van der Waals surface area contributed by atoms with Gasteiger partial charge >= 0.3 is 0 Å². The van der Waals surface area contributed by atoms with Crippen molar-refractivity contribution in [3.05, 3.63) is 48.0 Å². The second kappa shape index (κ2) is 5.48. The quantitative estimate of drug-likeness (QED) is 0.672. The summed E-state index contributed by atoms with van der Waals surface area (Å²) in [5, 5.41) is 9.20. The van der Waals surface area contributed by atoms with Gasteiger partial charge in [-0.2, -0.15) is 5.26 Å². The van der Waals surface area contributed by atoms with Gasteiger partial charge in [-0.1, -0.05) is 18.2 Å². The van der Waals surface area contributed by atoms with E-state index in [-0.39, 0.29) is 0 Å². The molecule has 0 aliphatic carbocycles. The minimum absolute atomic E-state index is 0.530. The number of nitrogen functional groups attached to an aromatic ring is 1. The Kier molecular flexibility index (Phi) is 3.75. The lowest BCUT2D eigenvalue weighted by Gasteiger charge is -2.11. The van der Waals surface area contributed by atoms with Gasteiger partial charge in [0.05, 0.1) is 5.69 Å². The van der Waals surface area contributed by atoms with E-state index in [1.165, 1.54) is 11.8 Å². The van der Waals surface area contributed by atoms with Crippen molar-refractivity contribution in [3.63, 3.8) is 0 Å². The van der Waals surface area contributed by atoms with Crippen LogP contribution < -0.4 is 10.5 Å². The summed E-state index contributed by atoms with van der Waals surface area (Å²) in [4.78, 5) is 0.893. The fraction of sp³-hybridized carbons (Fsp3) is 0.0714. The summed E-state index contributed by atoms with van der Waals surface area (Å²) in [5.41, 5.74) is 6.90. The summed E-state index contributed by atoms with van der Waals surface area (Å²) in [7, 11) is 0. The molecule has 0 saturated heterocycles. The Morgan fingerprint density at radius 3 is 2.50 bits per heavy atom. The lowest BCUT2D eigenvalue weighted by molar-refractivity contribution is 0.482. The zero-order valence-corrected chi connectivity index (χ0v) is 10.7. The van der Waals surface area contributed by atoms with Gasteiger partial charge in [0, 0.05) is 4.90 Å². The molecule has 2 aromatic carbocycles. The van der Waals surface area contributed by atoms with Gasteiger partial charge in [0.25, 0.3) is 0 Å². The first-order valence-electron chi connectivity index (χ1n) is 5.35. The van der Waals surface area contributed by atoms with E-state index in [2.05, 4.69) is 6.07 Å². The number of benzene rings is 2. The molecule has 0 bridgehead atoms. The van der Waals surface area contributed by atoms with Crippen LogP contribution in [0, 0.1) is 11.3 Å². The van der Waals surface area contributed by atoms with Crippen molar-refractivity contribution in [1.82, 2.24) is 0 Å². The molecular formula is C14H12N2OS. The molecule has 18 heavy (non-hydrogen) atoms. The molecule has 2 rings (SSSR count). The molecule has 4 heteroatoms. The first-order valence-corrected chi connectivity index (χ1v) is 6.58. The highest BCUT2D eigenvalue weighted by atomic mass is 32.2. The van der Waals surface area contributed by atoms with Gasteiger partial charge in [-0.05, 0) is 30.5 Å². The lowest BCUT2D eigenvalue weighted by Crippen LogP contribution is -1.94. The number of nitrogens with two attached hydrogens (primary N) is 1. The van der Waals surface area contributed by atoms with E-state index in [0.717, 1.165) is 4.90 Å². The monoisotopic (exact) mass is 256 g/mol. The maximum Gasteiger partial charge on any atom is 0.150 e. The maximum atomic E-state index is 9.20. The third-order valence-electron chi connectivity index (χ3n) is 2.46. The van der Waals surface area contributed by atoms with E-state index in [1.807, 2.05) is 30.5 Å². The summed E-state index contributed by atoms with van der Waals surface area (Å²) in [6.07, 6.45) is 1.93. The largest absolute Gasteiger partial charge is 0.454 e. The Hall–Kier alpha value is -2.12. The highest BCUT2D eigenvalue weighted by molar-refractivity contribution is 7.98. The van der Waals surface area contributed by atoms with Crippen molar-refractivity contribution in [2.75, 3.05) is 12.0 Å². The van der Waals surface area contributed by atoms with Crippen LogP contribution in [0.5, 0.6) is 11.5 Å². The van der Waals surface area contributed by atoms with Crippen LogP contribution in [-0.2, 0) is 0 Å². The zero-order chi connectivity index (χ0) is 13.0. The standard InChI is InChI=1S/C14H12N2OS/c1-18-14-8-4-7-12(10(14)9-15)17-13-6-3-2-5-11(13)16/h2-8H,16H2,1H3. The minimum atomic E-state index is 0.530. The summed E-state index contributed by atoms with van der Waals surface area (Å²) in [5.74, 6) is 1.09. The maximum absolute atomic E-state index is 9.20. The number of anilines is 1. The van der Waals surface area contributed by atoms with Gasteiger partial charge in [0.2, 0.25) is 0 Å². The number of para-hydroxylation sites is 2. The first-order chi connectivity index (χ1) is 8.76. The normalized spacial score (nSPS) is 9.78. The van der Waals surface area contributed by atoms with Crippen LogP contribution in [-0.4, -0.2) is 6.26 Å². The molecule has 0 saturated carbocycles. The van der Waals surface area contributed by atoms with Gasteiger partial charge in [0.15, 0.2) is 0 Å². The van der Waals surface area contributed by atoms with Crippen molar-refractivity contribution < 1.29 is 4.74 Å². The predicted molar refractivity (Wildman–Crippen MR) is 73.9 cm³/mol. The molecular weight excluding hydrogens is 244 g/mol. The van der Waals surface area contributed by atoms with Crippen LogP contribution in [0.25, 0.3) is 0 Å². The highest BCUT2D eigenvalue weighted by Crippen LogP contribution is 2.33. The van der Waals surface area contributed by atoms with Crippen LogP contribution in [0.1, 0.15) is 5.56 Å². The van der Waals surface area contributed by atoms with Crippen molar-refractivity contribution in [1.29, 1.82) is 5.26 Å². The number of hydrogen-bond acceptors (Lipinski definition) is 4. The molecule has 0 aliphatic heterocycles. The molecule has 90 valence electrons. The Labute approximate surface area is 110 Å². The van der Waals surface area contributed by atoms with E-state index in [4.69, 9.17) is 10.5 Å². The van der Waals surface area contributed by atoms with Crippen LogP contribution in [0.4, 0.5) is 5.69 Å². The third-order valence-corrected chi connectivity index (χ3v) is 3.24. The molecule has 0 amide bonds. The number of rotatable bonds is 3. The van der Waals surface area contributed by atoms with Crippen molar-refractivity contribution in [2.45, 2.75) is 4.90 Å². The van der Waals surface area contributed by atoms with Gasteiger partial charge in [-0.3, -0.25) is 0 Å². The minimum Gasteiger partial charge on any atom is -0.454 e. The van der Waals surface area contributed by atoms with Crippen molar-refractivity contribution in [2.24, 2.45) is 0 Å². The number of ether oxygens (including phenoxy) is 1. The summed E-state index contributed by atoms with van der Waals surface area (Å²) in [6.45, 7) is 0. The van der Waals surface area contributed by atoms with Crippen LogP contribution in [0.3, 0.4) is 0 Å². The molecule has 0 atom stereocenters. The number of nitrogens with zero attached hydrogens (tertiary/aromatic N) is 1. The number of nitriles is 1. The molecule has 2 N–H and O–H groups in total. The Morgan fingerprint density at radius 1 is 1.11 bits per heavy atom. The molecule has 2 aromatic rings. The molecule has 0 unspecified atom stereocenters. The van der Waals surface area contributed by atoms with Gasteiger partial charge < -0.3 is 10.5 Å². The molecule has 0 heterocycles. The smallest absolute Gasteiger partial charge is 0.150 e. The number of hydrogen-bond donors (Lipinski definition) is 1. The molecule has 0 spiro atoms. The highest BCUT2D eigenvalue weighted by Gasteiger charge is 2.10. The van der Waals surface area contributed by atoms with E-state index < -0.39 is 0 Å². The van der Waals surface area contributed by atoms with Gasteiger partial charge in [-0.15, -0.1) is 11.8 Å². The second-order valence-corrected chi connectivity index (χ2v) is 4.43. The van der Waals surface area contributed by atoms with Crippen LogP contribution in [0.2, 0.25) is 0 Å². The fourth-order valence-electron chi connectivity index (χ4n) is 1.57. The molecule has 0 fully saturated rings. The Bertz CT molecular complexity index is 605. The van der Waals surface area contributed by atoms with Crippen LogP contribution in [0.15, 0.2) is 47.4 Å². The molecule has 0 aliphatic rings. The Balaban J connectivity index is 2.42. The molecule has 0 radical (unpaired) electrons. The lowest BCUT2D eigenvalue weighted by atomic mass is 10.2. The summed E-state index contributed by atoms with van der Waals surface area (Å²) >= 11 is 1.52. The van der Waals surface area contributed by atoms with Gasteiger partial charge in [0.1, 0.15) is 23.1 Å². The second-order valence-electron chi connectivity index (χ2n) is 3.59. The number of thioether (sulfide) groups is 1. The average Bonchev–Trinajstić information content (AvgIpc) is 2.41. The van der Waals surface area contributed by atoms with E-state index >= 15 is 0 Å². The van der Waals surface area contributed by atoms with Crippen LogP contribution >= 0.6 is 11.8 Å². The molecule has 3 nitrogen and oxygen atoms in total. The predicted octanol–water partition coefficient (Wildman–Crippen LogP) is 3.65. The van der Waals surface area contributed by atoms with E-state index in [0.29, 0.717) is 22.7 Å². The van der Waals surface area contributed by atoms with Gasteiger partial charge in [-0.25, -0.2) is 0 Å². The zero-order valence-electron chi connectivity index (χ0n) is 9.88. The SMILES string of the molecule is CSc1cccc(Oc2ccccc2N)c1C#N. The molecule has 0 aromatic heterocycles. The topological polar surface area (TPSA) is 59.0 Å².